The van der Waals surface area contributed by atoms with Crippen LogP contribution in [0.2, 0.25) is 0 Å². The minimum absolute atomic E-state index is 0.526. The summed E-state index contributed by atoms with van der Waals surface area (Å²) in [5.74, 6) is 0.797. The van der Waals surface area contributed by atoms with Gasteiger partial charge >= 0.3 is 0 Å². The van der Waals surface area contributed by atoms with Crippen LogP contribution in [0.4, 0.5) is 0 Å². The van der Waals surface area contributed by atoms with E-state index in [0.29, 0.717) is 22.5 Å². The molecule has 5 heteroatoms. The first-order chi connectivity index (χ1) is 11.2. The van der Waals surface area contributed by atoms with Gasteiger partial charge in [0, 0.05) is 5.56 Å². The third-order valence-corrected chi connectivity index (χ3v) is 4.18. The Hall–Kier alpha value is -2.40. The summed E-state index contributed by atoms with van der Waals surface area (Å²) in [5, 5.41) is 4.59. The molecule has 4 nitrogen and oxygen atoms in total. The molecule has 0 spiro atoms. The van der Waals surface area contributed by atoms with E-state index >= 15 is 0 Å². The number of benzene rings is 2. The van der Waals surface area contributed by atoms with Crippen molar-refractivity contribution in [1.29, 1.82) is 0 Å². The van der Waals surface area contributed by atoms with Gasteiger partial charge in [-0.25, -0.2) is 4.68 Å². The van der Waals surface area contributed by atoms with Crippen molar-refractivity contribution in [2.45, 2.75) is 6.92 Å². The predicted molar refractivity (Wildman–Crippen MR) is 93.3 cm³/mol. The van der Waals surface area contributed by atoms with Crippen LogP contribution in [-0.2, 0) is 0 Å². The minimum atomic E-state index is 0.526. The van der Waals surface area contributed by atoms with E-state index in [1.807, 2.05) is 61.5 Å². The molecule has 3 rings (SSSR count). The maximum atomic E-state index is 11.5. The number of halogens is 1. The van der Waals surface area contributed by atoms with Gasteiger partial charge < -0.3 is 4.74 Å². The molecule has 0 saturated heterocycles. The van der Waals surface area contributed by atoms with Crippen LogP contribution in [-0.4, -0.2) is 22.7 Å². The first kappa shape index (κ1) is 15.5. The zero-order chi connectivity index (χ0) is 16.2. The average Bonchev–Trinajstić information content (AvgIpc) is 2.93. The lowest BCUT2D eigenvalue weighted by Gasteiger charge is -2.04. The second-order valence-electron chi connectivity index (χ2n) is 4.88. The number of aldehydes is 1. The molecule has 0 aliphatic heterocycles. The molecule has 0 aliphatic carbocycles. The van der Waals surface area contributed by atoms with Gasteiger partial charge in [-0.3, -0.25) is 4.79 Å². The number of para-hydroxylation sites is 1. The molecular formula is C18H15BrN2O2. The fourth-order valence-corrected chi connectivity index (χ4v) is 2.91. The smallest absolute Gasteiger partial charge is 0.155 e. The van der Waals surface area contributed by atoms with Crippen LogP contribution in [0.3, 0.4) is 0 Å². The summed E-state index contributed by atoms with van der Waals surface area (Å²) >= 11 is 3.48. The largest absolute Gasteiger partial charge is 0.494 e. The normalized spacial score (nSPS) is 10.5. The van der Waals surface area contributed by atoms with E-state index in [0.717, 1.165) is 23.3 Å². The summed E-state index contributed by atoms with van der Waals surface area (Å²) in [7, 11) is 0. The molecule has 0 fully saturated rings. The Morgan fingerprint density at radius 2 is 1.83 bits per heavy atom. The number of aromatic nitrogens is 2. The van der Waals surface area contributed by atoms with Crippen molar-refractivity contribution in [3.05, 3.63) is 64.8 Å². The Kier molecular flexibility index (Phi) is 4.57. The summed E-state index contributed by atoms with van der Waals surface area (Å²) < 4.78 is 7.81. The molecule has 116 valence electrons. The van der Waals surface area contributed by atoms with Crippen molar-refractivity contribution >= 4 is 22.2 Å². The van der Waals surface area contributed by atoms with Gasteiger partial charge in [-0.05, 0) is 59.3 Å². The summed E-state index contributed by atoms with van der Waals surface area (Å²) in [4.78, 5) is 11.5. The maximum Gasteiger partial charge on any atom is 0.155 e. The molecule has 0 unspecified atom stereocenters. The van der Waals surface area contributed by atoms with Crippen LogP contribution in [0.1, 0.15) is 17.3 Å². The maximum absolute atomic E-state index is 11.5. The monoisotopic (exact) mass is 370 g/mol. The molecule has 0 atom stereocenters. The van der Waals surface area contributed by atoms with E-state index in [-0.39, 0.29) is 0 Å². The molecule has 0 radical (unpaired) electrons. The number of rotatable bonds is 5. The number of carbonyl (C=O) groups is 1. The third kappa shape index (κ3) is 3.05. The molecule has 0 amide bonds. The van der Waals surface area contributed by atoms with Gasteiger partial charge in [0.15, 0.2) is 6.29 Å². The van der Waals surface area contributed by atoms with Gasteiger partial charge in [-0.1, -0.05) is 18.2 Å². The minimum Gasteiger partial charge on any atom is -0.494 e. The van der Waals surface area contributed by atoms with Crippen molar-refractivity contribution < 1.29 is 9.53 Å². The van der Waals surface area contributed by atoms with E-state index in [9.17, 15) is 4.79 Å². The molecule has 0 saturated carbocycles. The van der Waals surface area contributed by atoms with Crippen LogP contribution in [0.25, 0.3) is 16.9 Å². The lowest BCUT2D eigenvalue weighted by atomic mass is 10.1. The number of hydrogen-bond donors (Lipinski definition) is 0. The average molecular weight is 371 g/mol. The topological polar surface area (TPSA) is 44.1 Å². The Labute approximate surface area is 142 Å². The van der Waals surface area contributed by atoms with Crippen LogP contribution >= 0.6 is 15.9 Å². The van der Waals surface area contributed by atoms with Gasteiger partial charge in [0.05, 0.1) is 17.9 Å². The van der Waals surface area contributed by atoms with Crippen molar-refractivity contribution in [1.82, 2.24) is 9.78 Å². The second kappa shape index (κ2) is 6.79. The van der Waals surface area contributed by atoms with Gasteiger partial charge in [0.1, 0.15) is 16.0 Å². The SMILES string of the molecule is CCOc1ccc(-c2nn(-c3ccccc3)c(Br)c2C=O)cc1. The fraction of sp³-hybridized carbons (Fsp3) is 0.111. The Morgan fingerprint density at radius 3 is 2.43 bits per heavy atom. The molecule has 0 aliphatic rings. The van der Waals surface area contributed by atoms with E-state index < -0.39 is 0 Å². The molecule has 0 bridgehead atoms. The van der Waals surface area contributed by atoms with Gasteiger partial charge in [-0.2, -0.15) is 5.10 Å². The second-order valence-corrected chi connectivity index (χ2v) is 5.63. The first-order valence-corrected chi connectivity index (χ1v) is 8.06. The van der Waals surface area contributed by atoms with Crippen LogP contribution in [0, 0.1) is 0 Å². The molecule has 2 aromatic carbocycles. The molecule has 1 aromatic heterocycles. The van der Waals surface area contributed by atoms with E-state index in [1.165, 1.54) is 0 Å². The van der Waals surface area contributed by atoms with E-state index in [4.69, 9.17) is 4.74 Å². The van der Waals surface area contributed by atoms with Crippen LogP contribution in [0.15, 0.2) is 59.2 Å². The lowest BCUT2D eigenvalue weighted by molar-refractivity contribution is 0.112. The number of nitrogens with zero attached hydrogens (tertiary/aromatic N) is 2. The van der Waals surface area contributed by atoms with E-state index in [1.54, 1.807) is 4.68 Å². The number of hydrogen-bond acceptors (Lipinski definition) is 3. The Balaban J connectivity index is 2.07. The zero-order valence-electron chi connectivity index (χ0n) is 12.6. The molecule has 0 N–H and O–H groups in total. The summed E-state index contributed by atoms with van der Waals surface area (Å²) in [6.07, 6.45) is 0.822. The standard InChI is InChI=1S/C18H15BrN2O2/c1-2-23-15-10-8-13(9-11-15)17-16(12-22)18(19)21(20-17)14-6-4-3-5-7-14/h3-12H,2H2,1H3. The van der Waals surface area contributed by atoms with Crippen molar-refractivity contribution in [3.8, 4) is 22.7 Å². The first-order valence-electron chi connectivity index (χ1n) is 7.27. The predicted octanol–water partition coefficient (Wildman–Crippen LogP) is 4.51. The summed E-state index contributed by atoms with van der Waals surface area (Å²) in [6.45, 7) is 2.56. The van der Waals surface area contributed by atoms with Crippen molar-refractivity contribution in [2.24, 2.45) is 0 Å². The van der Waals surface area contributed by atoms with Gasteiger partial charge in [-0.15, -0.1) is 0 Å². The highest BCUT2D eigenvalue weighted by Crippen LogP contribution is 2.30. The van der Waals surface area contributed by atoms with Gasteiger partial charge in [0.2, 0.25) is 0 Å². The summed E-state index contributed by atoms with van der Waals surface area (Å²) in [6, 6.07) is 17.2. The summed E-state index contributed by atoms with van der Waals surface area (Å²) in [5.41, 5.74) is 2.92. The Morgan fingerprint density at radius 1 is 1.13 bits per heavy atom. The highest BCUT2D eigenvalue weighted by atomic mass is 79.9. The zero-order valence-corrected chi connectivity index (χ0v) is 14.2. The highest BCUT2D eigenvalue weighted by molar-refractivity contribution is 9.10. The fourth-order valence-electron chi connectivity index (χ4n) is 2.34. The van der Waals surface area contributed by atoms with Crippen LogP contribution < -0.4 is 4.74 Å². The van der Waals surface area contributed by atoms with Gasteiger partial charge in [0.25, 0.3) is 0 Å². The highest BCUT2D eigenvalue weighted by Gasteiger charge is 2.17. The van der Waals surface area contributed by atoms with Crippen molar-refractivity contribution in [2.75, 3.05) is 6.61 Å². The molecule has 23 heavy (non-hydrogen) atoms. The third-order valence-electron chi connectivity index (χ3n) is 3.42. The molecule has 3 aromatic rings. The number of ether oxygens (including phenoxy) is 1. The number of carbonyl (C=O) groups excluding carboxylic acids is 1. The van der Waals surface area contributed by atoms with Crippen molar-refractivity contribution in [3.63, 3.8) is 0 Å². The molecular weight excluding hydrogens is 356 g/mol. The lowest BCUT2D eigenvalue weighted by Crippen LogP contribution is -1.96. The Bertz CT molecular complexity index is 811. The molecule has 1 heterocycles. The quantitative estimate of drug-likeness (QED) is 0.620. The van der Waals surface area contributed by atoms with E-state index in [2.05, 4.69) is 21.0 Å². The van der Waals surface area contributed by atoms with Crippen LogP contribution in [0.5, 0.6) is 5.75 Å².